The number of aromatic nitrogens is 1. The van der Waals surface area contributed by atoms with E-state index in [1.807, 2.05) is 24.4 Å². The summed E-state index contributed by atoms with van der Waals surface area (Å²) >= 11 is 1.67. The highest BCUT2D eigenvalue weighted by Gasteiger charge is 2.31. The molecule has 0 saturated carbocycles. The van der Waals surface area contributed by atoms with Crippen LogP contribution in [0.2, 0.25) is 18.1 Å². The van der Waals surface area contributed by atoms with E-state index in [1.54, 1.807) is 11.8 Å². The summed E-state index contributed by atoms with van der Waals surface area (Å²) < 4.78 is 6.59. The van der Waals surface area contributed by atoms with Crippen LogP contribution < -0.4 is 0 Å². The van der Waals surface area contributed by atoms with Gasteiger partial charge < -0.3 is 4.43 Å². The van der Waals surface area contributed by atoms with E-state index in [0.717, 1.165) is 16.5 Å². The highest BCUT2D eigenvalue weighted by atomic mass is 32.2. The highest BCUT2D eigenvalue weighted by molar-refractivity contribution is 8.02. The molecule has 1 heterocycles. The van der Waals surface area contributed by atoms with Gasteiger partial charge >= 0.3 is 0 Å². The maximum atomic E-state index is 6.59. The molecule has 2 nitrogen and oxygen atoms in total. The average Bonchev–Trinajstić information content (AvgIpc) is 2.53. The lowest BCUT2D eigenvalue weighted by molar-refractivity contribution is 0.435. The van der Waals surface area contributed by atoms with Gasteiger partial charge in [0.05, 0.1) is 0 Å². The van der Waals surface area contributed by atoms with Crippen molar-refractivity contribution in [3.05, 3.63) is 35.6 Å². The molecule has 0 N–H and O–H groups in total. The van der Waals surface area contributed by atoms with E-state index in [4.69, 9.17) is 4.43 Å². The molecular weight excluding hydrogens is 294 g/mol. The van der Waals surface area contributed by atoms with E-state index in [2.05, 4.69) is 45.7 Å². The molecule has 4 heteroatoms. The second kappa shape index (κ2) is 9.31. The molecule has 1 aromatic rings. The minimum atomic E-state index is -1.63. The molecule has 0 aliphatic carbocycles. The third-order valence-corrected chi connectivity index (χ3v) is 9.70. The maximum Gasteiger partial charge on any atom is 0.251 e. The lowest BCUT2D eigenvalue weighted by Gasteiger charge is -2.30. The van der Waals surface area contributed by atoms with Crippen LogP contribution in [0.15, 0.2) is 40.6 Å². The summed E-state index contributed by atoms with van der Waals surface area (Å²) in [5.74, 6) is 0.536. The first-order valence-electron chi connectivity index (χ1n) is 8.08. The molecule has 0 fully saturated rings. The molecular formula is C17H29NOSSi. The van der Waals surface area contributed by atoms with Gasteiger partial charge in [-0.05, 0) is 60.4 Å². The second-order valence-corrected chi connectivity index (χ2v) is 11.2. The number of hydrogen-bond donors (Lipinski definition) is 0. The molecule has 1 rings (SSSR count). The Kier molecular flexibility index (Phi) is 8.12. The molecule has 0 aromatic carbocycles. The molecule has 0 amide bonds. The largest absolute Gasteiger partial charge is 0.539 e. The zero-order valence-corrected chi connectivity index (χ0v) is 15.9. The topological polar surface area (TPSA) is 22.1 Å². The standard InChI is InChI=1S/C17H29NOSSi/c1-6-15(5)14-17(19-21(7-2,8-3)9-4)20-16-12-10-11-13-18-16/h10-15H,6-9H2,1-5H3/b17-14+. The van der Waals surface area contributed by atoms with E-state index in [9.17, 15) is 0 Å². The zero-order chi connectivity index (χ0) is 15.7. The minimum Gasteiger partial charge on any atom is -0.539 e. The molecule has 1 unspecified atom stereocenters. The molecule has 1 atom stereocenters. The minimum absolute atomic E-state index is 0.536. The first-order valence-corrected chi connectivity index (χ1v) is 11.4. The Bertz CT molecular complexity index is 423. The summed E-state index contributed by atoms with van der Waals surface area (Å²) in [4.78, 5) is 4.42. The van der Waals surface area contributed by atoms with E-state index >= 15 is 0 Å². The van der Waals surface area contributed by atoms with E-state index in [-0.39, 0.29) is 0 Å². The van der Waals surface area contributed by atoms with Crippen LogP contribution in [-0.4, -0.2) is 13.3 Å². The SMILES string of the molecule is CCC(C)/C=C(\O[Si](CC)(CC)CC)Sc1ccccn1. The number of nitrogens with zero attached hydrogens (tertiary/aromatic N) is 1. The van der Waals surface area contributed by atoms with Crippen LogP contribution in [0.5, 0.6) is 0 Å². The Morgan fingerprint density at radius 1 is 1.24 bits per heavy atom. The second-order valence-electron chi connectivity index (χ2n) is 5.49. The van der Waals surface area contributed by atoms with Crippen LogP contribution in [0.3, 0.4) is 0 Å². The number of thioether (sulfide) groups is 1. The van der Waals surface area contributed by atoms with Gasteiger partial charge in [0.25, 0.3) is 8.32 Å². The Hall–Kier alpha value is -0.743. The Balaban J connectivity index is 2.95. The predicted molar refractivity (Wildman–Crippen MR) is 95.9 cm³/mol. The fraction of sp³-hybridized carbons (Fsp3) is 0.588. The number of allylic oxidation sites excluding steroid dienone is 1. The van der Waals surface area contributed by atoms with E-state index < -0.39 is 8.32 Å². The van der Waals surface area contributed by atoms with Gasteiger partial charge in [-0.2, -0.15) is 0 Å². The fourth-order valence-electron chi connectivity index (χ4n) is 2.13. The van der Waals surface area contributed by atoms with Gasteiger partial charge in [-0.3, -0.25) is 0 Å². The predicted octanol–water partition coefficient (Wildman–Crippen LogP) is 6.08. The molecule has 118 valence electrons. The molecule has 1 aromatic heterocycles. The quantitative estimate of drug-likeness (QED) is 0.312. The van der Waals surface area contributed by atoms with Crippen LogP contribution in [0, 0.1) is 5.92 Å². The van der Waals surface area contributed by atoms with Gasteiger partial charge in [0.2, 0.25) is 0 Å². The van der Waals surface area contributed by atoms with Gasteiger partial charge in [-0.25, -0.2) is 4.98 Å². The maximum absolute atomic E-state index is 6.59. The summed E-state index contributed by atoms with van der Waals surface area (Å²) in [5, 5.41) is 2.07. The van der Waals surface area contributed by atoms with Crippen molar-refractivity contribution in [2.75, 3.05) is 0 Å². The van der Waals surface area contributed by atoms with Crippen molar-refractivity contribution in [3.63, 3.8) is 0 Å². The van der Waals surface area contributed by atoms with Crippen molar-refractivity contribution < 1.29 is 4.43 Å². The Labute approximate surface area is 135 Å². The molecule has 0 radical (unpaired) electrons. The van der Waals surface area contributed by atoms with E-state index in [1.165, 1.54) is 18.1 Å². The molecule has 21 heavy (non-hydrogen) atoms. The fourth-order valence-corrected chi connectivity index (χ4v) is 6.02. The van der Waals surface area contributed by atoms with Gasteiger partial charge in [-0.15, -0.1) is 0 Å². The average molecular weight is 324 g/mol. The van der Waals surface area contributed by atoms with Crippen molar-refractivity contribution in [2.24, 2.45) is 5.92 Å². The number of hydrogen-bond acceptors (Lipinski definition) is 3. The van der Waals surface area contributed by atoms with Gasteiger partial charge in [0.1, 0.15) is 10.1 Å². The number of rotatable bonds is 9. The van der Waals surface area contributed by atoms with Crippen LogP contribution in [-0.2, 0) is 4.43 Å². The monoisotopic (exact) mass is 323 g/mol. The summed E-state index contributed by atoms with van der Waals surface area (Å²) in [6.45, 7) is 11.3. The lowest BCUT2D eigenvalue weighted by atomic mass is 10.1. The smallest absolute Gasteiger partial charge is 0.251 e. The normalized spacial score (nSPS) is 14.0. The zero-order valence-electron chi connectivity index (χ0n) is 14.1. The summed E-state index contributed by atoms with van der Waals surface area (Å²) in [6.07, 6.45) is 5.25. The van der Waals surface area contributed by atoms with Crippen molar-refractivity contribution in [1.82, 2.24) is 4.98 Å². The molecule has 0 bridgehead atoms. The summed E-state index contributed by atoms with van der Waals surface area (Å²) in [7, 11) is -1.63. The van der Waals surface area contributed by atoms with Crippen LogP contribution in [0.1, 0.15) is 41.0 Å². The van der Waals surface area contributed by atoms with E-state index in [0.29, 0.717) is 5.92 Å². The summed E-state index contributed by atoms with van der Waals surface area (Å²) in [6, 6.07) is 9.53. The first kappa shape index (κ1) is 18.3. The molecule has 0 aliphatic heterocycles. The van der Waals surface area contributed by atoms with Gasteiger partial charge in [-0.1, -0.05) is 40.7 Å². The van der Waals surface area contributed by atoms with Crippen molar-refractivity contribution in [3.8, 4) is 0 Å². The lowest BCUT2D eigenvalue weighted by Crippen LogP contribution is -2.35. The van der Waals surface area contributed by atoms with Gasteiger partial charge in [0, 0.05) is 6.20 Å². The Morgan fingerprint density at radius 2 is 1.90 bits per heavy atom. The van der Waals surface area contributed by atoms with Crippen molar-refractivity contribution in [2.45, 2.75) is 64.2 Å². The highest BCUT2D eigenvalue weighted by Crippen LogP contribution is 2.33. The van der Waals surface area contributed by atoms with Crippen LogP contribution >= 0.6 is 11.8 Å². The Morgan fingerprint density at radius 3 is 2.38 bits per heavy atom. The first-order chi connectivity index (χ1) is 10.1. The molecule has 0 saturated heterocycles. The molecule has 0 aliphatic rings. The van der Waals surface area contributed by atoms with Crippen LogP contribution in [0.4, 0.5) is 0 Å². The third-order valence-electron chi connectivity index (χ3n) is 4.16. The van der Waals surface area contributed by atoms with Gasteiger partial charge in [0.15, 0.2) is 0 Å². The van der Waals surface area contributed by atoms with Crippen LogP contribution in [0.25, 0.3) is 0 Å². The third kappa shape index (κ3) is 5.87. The number of pyridine rings is 1. The van der Waals surface area contributed by atoms with Crippen molar-refractivity contribution in [1.29, 1.82) is 0 Å². The molecule has 0 spiro atoms. The van der Waals surface area contributed by atoms with Crippen molar-refractivity contribution >= 4 is 20.1 Å². The summed E-state index contributed by atoms with van der Waals surface area (Å²) in [5.41, 5.74) is 0.